The average molecular weight is 529 g/mol. The van der Waals surface area contributed by atoms with Crippen LogP contribution >= 0.6 is 35.6 Å². The third-order valence-electron chi connectivity index (χ3n) is 4.91. The first-order valence-electron chi connectivity index (χ1n) is 9.93. The number of thiocarbonyl (C=S) groups is 1. The van der Waals surface area contributed by atoms with Gasteiger partial charge in [-0.2, -0.15) is 13.2 Å². The molecule has 1 fully saturated rings. The Morgan fingerprint density at radius 2 is 1.97 bits per heavy atom. The van der Waals surface area contributed by atoms with Crippen LogP contribution in [0.5, 0.6) is 11.5 Å². The molecule has 34 heavy (non-hydrogen) atoms. The molecule has 2 aromatic carbocycles. The summed E-state index contributed by atoms with van der Waals surface area (Å²) in [6.07, 6.45) is -2.67. The van der Waals surface area contributed by atoms with E-state index in [2.05, 4.69) is 5.32 Å². The first kappa shape index (κ1) is 24.4. The lowest BCUT2D eigenvalue weighted by atomic mass is 10.2. The number of carbonyl (C=O) groups excluding carboxylic acids is 2. The van der Waals surface area contributed by atoms with Crippen molar-refractivity contribution >= 4 is 63.5 Å². The third-order valence-corrected chi connectivity index (χ3v) is 6.62. The molecule has 4 rings (SSSR count). The molecule has 2 aliphatic rings. The number of ether oxygens (including phenoxy) is 2. The minimum Gasteiger partial charge on any atom is -0.454 e. The number of carbonyl (C=O) groups is 2. The van der Waals surface area contributed by atoms with Crippen LogP contribution in [0.4, 0.5) is 18.9 Å². The van der Waals surface area contributed by atoms with Gasteiger partial charge in [0.2, 0.25) is 12.7 Å². The van der Waals surface area contributed by atoms with Crippen molar-refractivity contribution in [1.29, 1.82) is 0 Å². The molecule has 6 nitrogen and oxygen atoms in total. The zero-order valence-electron chi connectivity index (χ0n) is 17.3. The van der Waals surface area contributed by atoms with E-state index in [4.69, 9.17) is 33.3 Å². The van der Waals surface area contributed by atoms with E-state index < -0.39 is 22.7 Å². The van der Waals surface area contributed by atoms with Crippen LogP contribution in [-0.4, -0.2) is 34.4 Å². The van der Waals surface area contributed by atoms with Crippen LogP contribution in [0.1, 0.15) is 24.0 Å². The fourth-order valence-electron chi connectivity index (χ4n) is 3.29. The summed E-state index contributed by atoms with van der Waals surface area (Å²) < 4.78 is 49.9. The number of thioether (sulfide) groups is 1. The molecule has 0 bridgehead atoms. The number of nitrogens with zero attached hydrogens (tertiary/aromatic N) is 1. The number of rotatable bonds is 6. The monoisotopic (exact) mass is 528 g/mol. The van der Waals surface area contributed by atoms with Gasteiger partial charge in [-0.3, -0.25) is 14.5 Å². The lowest BCUT2D eigenvalue weighted by Crippen LogP contribution is -2.29. The molecular formula is C22H16ClF3N2O4S2. The Kier molecular flexibility index (Phi) is 7.06. The van der Waals surface area contributed by atoms with E-state index in [1.807, 2.05) is 0 Å². The molecule has 0 radical (unpaired) electrons. The van der Waals surface area contributed by atoms with Crippen LogP contribution in [-0.2, 0) is 15.8 Å². The van der Waals surface area contributed by atoms with Gasteiger partial charge in [-0.1, -0.05) is 41.6 Å². The second-order valence-electron chi connectivity index (χ2n) is 7.29. The van der Waals surface area contributed by atoms with E-state index in [-0.39, 0.29) is 37.8 Å². The lowest BCUT2D eigenvalue weighted by Gasteiger charge is -2.14. The standard InChI is InChI=1S/C22H16ClF3N2O4S2/c23-15-5-4-13(10-14(15)22(24,25)26)27-19(29)2-1-7-28-20(30)18(34-21(28)33)9-12-3-6-16-17(8-12)32-11-31-16/h3-6,8-10H,1-2,7,11H2,(H,27,29)/b18-9-. The van der Waals surface area contributed by atoms with Gasteiger partial charge in [0.05, 0.1) is 15.5 Å². The number of alkyl halides is 3. The van der Waals surface area contributed by atoms with Crippen LogP contribution in [0.25, 0.3) is 6.08 Å². The Morgan fingerprint density at radius 3 is 2.74 bits per heavy atom. The summed E-state index contributed by atoms with van der Waals surface area (Å²) in [6, 6.07) is 8.46. The van der Waals surface area contributed by atoms with Gasteiger partial charge in [0.25, 0.3) is 5.91 Å². The van der Waals surface area contributed by atoms with Crippen LogP contribution in [0.3, 0.4) is 0 Å². The van der Waals surface area contributed by atoms with Gasteiger partial charge in [-0.25, -0.2) is 0 Å². The Morgan fingerprint density at radius 1 is 1.21 bits per heavy atom. The summed E-state index contributed by atoms with van der Waals surface area (Å²) in [7, 11) is 0. The number of fused-ring (bicyclic) bond motifs is 1. The van der Waals surface area contributed by atoms with E-state index in [9.17, 15) is 22.8 Å². The Hall–Kier alpha value is -2.76. The molecule has 2 heterocycles. The lowest BCUT2D eigenvalue weighted by molar-refractivity contribution is -0.137. The summed E-state index contributed by atoms with van der Waals surface area (Å²) in [5.41, 5.74) is -0.289. The first-order chi connectivity index (χ1) is 16.1. The minimum atomic E-state index is -4.63. The van der Waals surface area contributed by atoms with E-state index >= 15 is 0 Å². The topological polar surface area (TPSA) is 67.9 Å². The van der Waals surface area contributed by atoms with Crippen molar-refractivity contribution in [2.45, 2.75) is 19.0 Å². The van der Waals surface area contributed by atoms with Crippen molar-refractivity contribution < 1.29 is 32.2 Å². The Labute approximate surface area is 207 Å². The molecule has 2 amide bonds. The van der Waals surface area contributed by atoms with Crippen LogP contribution < -0.4 is 14.8 Å². The van der Waals surface area contributed by atoms with E-state index in [1.54, 1.807) is 24.3 Å². The van der Waals surface area contributed by atoms with Crippen molar-refractivity contribution in [1.82, 2.24) is 4.90 Å². The van der Waals surface area contributed by atoms with Crippen LogP contribution in [0.15, 0.2) is 41.3 Å². The highest BCUT2D eigenvalue weighted by molar-refractivity contribution is 8.26. The summed E-state index contributed by atoms with van der Waals surface area (Å²) in [5, 5.41) is 1.97. The highest BCUT2D eigenvalue weighted by atomic mass is 35.5. The summed E-state index contributed by atoms with van der Waals surface area (Å²) in [5.74, 6) is 0.465. The molecular weight excluding hydrogens is 513 g/mol. The fourth-order valence-corrected chi connectivity index (χ4v) is 4.82. The number of hydrogen-bond donors (Lipinski definition) is 1. The van der Waals surface area contributed by atoms with Gasteiger partial charge >= 0.3 is 6.18 Å². The molecule has 12 heteroatoms. The maximum atomic E-state index is 13.0. The second-order valence-corrected chi connectivity index (χ2v) is 9.37. The molecule has 0 unspecified atom stereocenters. The largest absolute Gasteiger partial charge is 0.454 e. The fraction of sp³-hybridized carbons (Fsp3) is 0.227. The van der Waals surface area contributed by atoms with Crippen molar-refractivity contribution in [3.8, 4) is 11.5 Å². The number of hydrogen-bond acceptors (Lipinski definition) is 6. The molecule has 0 atom stereocenters. The zero-order chi connectivity index (χ0) is 24.5. The first-order valence-corrected chi connectivity index (χ1v) is 11.5. The molecule has 2 aliphatic heterocycles. The Balaban J connectivity index is 1.32. The minimum absolute atomic E-state index is 0.0117. The molecule has 0 aliphatic carbocycles. The molecule has 2 aromatic rings. The third kappa shape index (κ3) is 5.48. The van der Waals surface area contributed by atoms with E-state index in [0.29, 0.717) is 20.7 Å². The highest BCUT2D eigenvalue weighted by Gasteiger charge is 2.34. The predicted molar refractivity (Wildman–Crippen MR) is 127 cm³/mol. The molecule has 0 spiro atoms. The van der Waals surface area contributed by atoms with Gasteiger partial charge < -0.3 is 14.8 Å². The highest BCUT2D eigenvalue weighted by Crippen LogP contribution is 2.37. The van der Waals surface area contributed by atoms with Crippen molar-refractivity contribution in [3.63, 3.8) is 0 Å². The van der Waals surface area contributed by atoms with Gasteiger partial charge in [0.15, 0.2) is 11.5 Å². The number of anilines is 1. The second kappa shape index (κ2) is 9.85. The average Bonchev–Trinajstić information content (AvgIpc) is 3.33. The number of nitrogens with one attached hydrogen (secondary N) is 1. The van der Waals surface area contributed by atoms with Crippen molar-refractivity contribution in [2.75, 3.05) is 18.7 Å². The quantitative estimate of drug-likeness (QED) is 0.383. The van der Waals surface area contributed by atoms with Crippen LogP contribution in [0, 0.1) is 0 Å². The van der Waals surface area contributed by atoms with Gasteiger partial charge in [-0.05, 0) is 48.4 Å². The van der Waals surface area contributed by atoms with E-state index in [0.717, 1.165) is 29.5 Å². The molecule has 178 valence electrons. The Bertz CT molecular complexity index is 1200. The summed E-state index contributed by atoms with van der Waals surface area (Å²) >= 11 is 12.0. The van der Waals surface area contributed by atoms with Crippen LogP contribution in [0.2, 0.25) is 5.02 Å². The summed E-state index contributed by atoms with van der Waals surface area (Å²) in [4.78, 5) is 26.8. The smallest absolute Gasteiger partial charge is 0.417 e. The van der Waals surface area contributed by atoms with Crippen molar-refractivity contribution in [2.24, 2.45) is 0 Å². The number of benzene rings is 2. The SMILES string of the molecule is O=C(CCCN1C(=O)/C(=C/c2ccc3c(c2)OCO3)SC1=S)Nc1ccc(Cl)c(C(F)(F)F)c1. The van der Waals surface area contributed by atoms with E-state index in [1.165, 1.54) is 11.0 Å². The molecule has 1 saturated heterocycles. The van der Waals surface area contributed by atoms with Crippen molar-refractivity contribution in [3.05, 3.63) is 57.5 Å². The van der Waals surface area contributed by atoms with Gasteiger partial charge in [-0.15, -0.1) is 0 Å². The predicted octanol–water partition coefficient (Wildman–Crippen LogP) is 5.71. The number of halogens is 4. The molecule has 0 saturated carbocycles. The maximum Gasteiger partial charge on any atom is 0.417 e. The summed E-state index contributed by atoms with van der Waals surface area (Å²) in [6.45, 7) is 0.348. The van der Waals surface area contributed by atoms with Gasteiger partial charge in [0.1, 0.15) is 4.32 Å². The normalized spacial score (nSPS) is 16.5. The zero-order valence-corrected chi connectivity index (χ0v) is 19.7. The number of amides is 2. The molecule has 0 aromatic heterocycles. The maximum absolute atomic E-state index is 13.0. The molecule has 1 N–H and O–H groups in total. The van der Waals surface area contributed by atoms with Gasteiger partial charge in [0, 0.05) is 18.7 Å².